The van der Waals surface area contributed by atoms with Crippen LogP contribution >= 0.6 is 0 Å². The molecule has 6 nitrogen and oxygen atoms in total. The number of aryl methyl sites for hydroxylation is 3. The fourth-order valence-electron chi connectivity index (χ4n) is 4.46. The summed E-state index contributed by atoms with van der Waals surface area (Å²) in [6, 6.07) is 4.59. The van der Waals surface area contributed by atoms with Crippen LogP contribution in [0.1, 0.15) is 23.2 Å². The number of morpholine rings is 1. The molecule has 26 heavy (non-hydrogen) atoms. The van der Waals surface area contributed by atoms with Gasteiger partial charge < -0.3 is 19.7 Å². The van der Waals surface area contributed by atoms with E-state index < -0.39 is 0 Å². The topological polar surface area (TPSA) is 59.5 Å². The highest BCUT2D eigenvalue weighted by Gasteiger charge is 2.39. The van der Waals surface area contributed by atoms with Gasteiger partial charge in [-0.15, -0.1) is 0 Å². The number of benzene rings is 1. The zero-order valence-electron chi connectivity index (χ0n) is 15.4. The number of aromatic nitrogens is 2. The molecule has 0 radical (unpaired) electrons. The molecule has 2 fully saturated rings. The summed E-state index contributed by atoms with van der Waals surface area (Å²) in [6.45, 7) is 7.40. The number of fused-ring (bicyclic) bond motifs is 2. The zero-order valence-corrected chi connectivity index (χ0v) is 15.4. The predicted molar refractivity (Wildman–Crippen MR) is 101 cm³/mol. The normalized spacial score (nSPS) is 26.3. The van der Waals surface area contributed by atoms with Crippen molar-refractivity contribution in [1.82, 2.24) is 15.3 Å². The van der Waals surface area contributed by atoms with Gasteiger partial charge in [-0.3, -0.25) is 0 Å². The number of nitrogens with zero attached hydrogens (tertiary/aromatic N) is 3. The van der Waals surface area contributed by atoms with Crippen molar-refractivity contribution in [1.29, 1.82) is 0 Å². The van der Waals surface area contributed by atoms with Crippen LogP contribution < -0.4 is 10.2 Å². The van der Waals surface area contributed by atoms with Crippen LogP contribution in [0.3, 0.4) is 0 Å². The Labute approximate surface area is 153 Å². The molecule has 3 aliphatic rings. The third kappa shape index (κ3) is 2.86. The smallest absolute Gasteiger partial charge is 0.226 e. The molecule has 1 aromatic heterocycles. The summed E-state index contributed by atoms with van der Waals surface area (Å²) in [5, 5.41) is 4.62. The van der Waals surface area contributed by atoms with Crippen LogP contribution in [0.2, 0.25) is 0 Å². The molecule has 5 rings (SSSR count). The van der Waals surface area contributed by atoms with Crippen LogP contribution in [0.4, 0.5) is 5.95 Å². The fourth-order valence-corrected chi connectivity index (χ4v) is 4.46. The van der Waals surface area contributed by atoms with Crippen LogP contribution in [-0.2, 0) is 22.3 Å². The van der Waals surface area contributed by atoms with E-state index in [9.17, 15) is 0 Å². The van der Waals surface area contributed by atoms with Crippen LogP contribution in [0.15, 0.2) is 12.1 Å². The number of hydrogen-bond acceptors (Lipinski definition) is 6. The summed E-state index contributed by atoms with van der Waals surface area (Å²) in [6.07, 6.45) is 3.61. The van der Waals surface area contributed by atoms with Crippen molar-refractivity contribution in [3.63, 3.8) is 0 Å². The van der Waals surface area contributed by atoms with Crippen LogP contribution in [0.25, 0.3) is 10.9 Å². The second-order valence-corrected chi connectivity index (χ2v) is 7.78. The summed E-state index contributed by atoms with van der Waals surface area (Å²) in [7, 11) is 0. The molecule has 2 aromatic rings. The Kier molecular flexibility index (Phi) is 4.07. The second kappa shape index (κ2) is 6.44. The molecule has 0 amide bonds. The van der Waals surface area contributed by atoms with Crippen LogP contribution in [0.5, 0.6) is 0 Å². The average molecular weight is 354 g/mol. The first-order valence-corrected chi connectivity index (χ1v) is 9.70. The number of anilines is 1. The predicted octanol–water partition coefficient (Wildman–Crippen LogP) is 1.62. The SMILES string of the molecule is Cc1nc(N2CCOC3(CNCCOC3)C2)nc2cc3c(cc12)CCC3. The molecule has 1 aliphatic carbocycles. The number of rotatable bonds is 1. The highest BCUT2D eigenvalue weighted by molar-refractivity contribution is 5.84. The molecule has 1 N–H and O–H groups in total. The van der Waals surface area contributed by atoms with E-state index in [0.29, 0.717) is 13.2 Å². The molecule has 2 aliphatic heterocycles. The lowest BCUT2D eigenvalue weighted by Crippen LogP contribution is -2.58. The van der Waals surface area contributed by atoms with E-state index in [-0.39, 0.29) is 5.60 Å². The molecule has 6 heteroatoms. The Morgan fingerprint density at radius 2 is 2.04 bits per heavy atom. The van der Waals surface area contributed by atoms with Gasteiger partial charge in [0.2, 0.25) is 5.95 Å². The minimum absolute atomic E-state index is 0.307. The van der Waals surface area contributed by atoms with Crippen molar-refractivity contribution in [2.75, 3.05) is 50.9 Å². The van der Waals surface area contributed by atoms with Gasteiger partial charge in [0.1, 0.15) is 5.60 Å². The summed E-state index contributed by atoms with van der Waals surface area (Å²) in [4.78, 5) is 12.1. The number of ether oxygens (including phenoxy) is 2. The molecule has 1 spiro atoms. The van der Waals surface area contributed by atoms with Crippen molar-refractivity contribution < 1.29 is 9.47 Å². The van der Waals surface area contributed by atoms with E-state index in [1.807, 2.05) is 0 Å². The van der Waals surface area contributed by atoms with Gasteiger partial charge in [0.25, 0.3) is 0 Å². The molecular weight excluding hydrogens is 328 g/mol. The van der Waals surface area contributed by atoms with Crippen molar-refractivity contribution in [3.8, 4) is 0 Å². The van der Waals surface area contributed by atoms with Gasteiger partial charge in [0, 0.05) is 25.0 Å². The van der Waals surface area contributed by atoms with Crippen molar-refractivity contribution >= 4 is 16.9 Å². The number of nitrogens with one attached hydrogen (secondary N) is 1. The Balaban J connectivity index is 1.49. The molecule has 3 heterocycles. The van der Waals surface area contributed by atoms with Gasteiger partial charge in [-0.1, -0.05) is 0 Å². The van der Waals surface area contributed by atoms with E-state index in [1.54, 1.807) is 0 Å². The maximum Gasteiger partial charge on any atom is 0.226 e. The molecule has 1 aromatic carbocycles. The van der Waals surface area contributed by atoms with E-state index in [1.165, 1.54) is 35.8 Å². The van der Waals surface area contributed by atoms with Gasteiger partial charge in [-0.05, 0) is 49.4 Å². The molecule has 1 atom stereocenters. The van der Waals surface area contributed by atoms with Crippen molar-refractivity contribution in [2.24, 2.45) is 0 Å². The molecule has 2 saturated heterocycles. The standard InChI is InChI=1S/C20H26N4O2/c1-14-17-9-15-3-2-4-16(15)10-18(17)23-19(22-14)24-6-8-26-20(12-24)11-21-5-7-25-13-20/h9-10,21H,2-8,11-13H2,1H3. The maximum atomic E-state index is 6.13. The molecule has 138 valence electrons. The average Bonchev–Trinajstić information content (AvgIpc) is 2.99. The third-order valence-electron chi connectivity index (χ3n) is 5.85. The quantitative estimate of drug-likeness (QED) is 0.840. The molecule has 0 bridgehead atoms. The molecular formula is C20H26N4O2. The van der Waals surface area contributed by atoms with Crippen molar-refractivity contribution in [2.45, 2.75) is 31.8 Å². The Morgan fingerprint density at radius 1 is 1.15 bits per heavy atom. The second-order valence-electron chi connectivity index (χ2n) is 7.78. The first-order valence-electron chi connectivity index (χ1n) is 9.70. The fraction of sp³-hybridized carbons (Fsp3) is 0.600. The lowest BCUT2D eigenvalue weighted by molar-refractivity contribution is -0.0915. The van der Waals surface area contributed by atoms with E-state index in [0.717, 1.165) is 49.9 Å². The van der Waals surface area contributed by atoms with E-state index in [2.05, 4.69) is 29.3 Å². The Hall–Kier alpha value is -1.76. The van der Waals surface area contributed by atoms with Gasteiger partial charge >= 0.3 is 0 Å². The van der Waals surface area contributed by atoms with Gasteiger partial charge in [-0.2, -0.15) is 0 Å². The van der Waals surface area contributed by atoms with E-state index >= 15 is 0 Å². The molecule has 0 saturated carbocycles. The van der Waals surface area contributed by atoms with Gasteiger partial charge in [-0.25, -0.2) is 9.97 Å². The van der Waals surface area contributed by atoms with E-state index in [4.69, 9.17) is 19.4 Å². The first-order chi connectivity index (χ1) is 12.7. The zero-order chi connectivity index (χ0) is 17.6. The van der Waals surface area contributed by atoms with Gasteiger partial charge in [0.05, 0.1) is 37.6 Å². The summed E-state index contributed by atoms with van der Waals surface area (Å²) < 4.78 is 11.9. The third-order valence-corrected chi connectivity index (χ3v) is 5.85. The lowest BCUT2D eigenvalue weighted by Gasteiger charge is -2.41. The number of hydrogen-bond donors (Lipinski definition) is 1. The highest BCUT2D eigenvalue weighted by Crippen LogP contribution is 2.30. The summed E-state index contributed by atoms with van der Waals surface area (Å²) >= 11 is 0. The largest absolute Gasteiger partial charge is 0.377 e. The highest BCUT2D eigenvalue weighted by atomic mass is 16.5. The first kappa shape index (κ1) is 16.4. The van der Waals surface area contributed by atoms with Crippen LogP contribution in [-0.4, -0.2) is 61.6 Å². The Bertz CT molecular complexity index is 830. The van der Waals surface area contributed by atoms with Crippen LogP contribution in [0, 0.1) is 6.92 Å². The lowest BCUT2D eigenvalue weighted by atomic mass is 10.0. The minimum atomic E-state index is -0.307. The van der Waals surface area contributed by atoms with Gasteiger partial charge in [0.15, 0.2) is 0 Å². The minimum Gasteiger partial charge on any atom is -0.377 e. The summed E-state index contributed by atoms with van der Waals surface area (Å²) in [5.41, 5.74) is 4.77. The Morgan fingerprint density at radius 3 is 2.96 bits per heavy atom. The molecule has 1 unspecified atom stereocenters. The van der Waals surface area contributed by atoms with Crippen molar-refractivity contribution in [3.05, 3.63) is 29.0 Å². The monoisotopic (exact) mass is 354 g/mol. The maximum absolute atomic E-state index is 6.13. The summed E-state index contributed by atoms with van der Waals surface area (Å²) in [5.74, 6) is 0.819.